The number of esters is 1. The third-order valence-electron chi connectivity index (χ3n) is 3.62. The Balaban J connectivity index is 2.08. The Bertz CT molecular complexity index is 901. The van der Waals surface area contributed by atoms with E-state index in [1.165, 1.54) is 39.3 Å². The summed E-state index contributed by atoms with van der Waals surface area (Å²) in [4.78, 5) is 35.0. The van der Waals surface area contributed by atoms with Crippen LogP contribution in [0.1, 0.15) is 17.3 Å². The Labute approximate surface area is 161 Å². The lowest BCUT2D eigenvalue weighted by atomic mass is 10.2. The molecular weight excluding hydrogens is 369 g/mol. The number of methoxy groups -OCH3 is 2. The minimum atomic E-state index is -0.620. The number of amides is 2. The highest BCUT2D eigenvalue weighted by Crippen LogP contribution is 2.28. The van der Waals surface area contributed by atoms with E-state index in [-0.39, 0.29) is 23.7 Å². The van der Waals surface area contributed by atoms with Crippen molar-refractivity contribution in [1.82, 2.24) is 0 Å². The zero-order chi connectivity index (χ0) is 20.7. The third kappa shape index (κ3) is 5.44. The Morgan fingerprint density at radius 1 is 1.00 bits per heavy atom. The fourth-order valence-corrected chi connectivity index (χ4v) is 2.36. The van der Waals surface area contributed by atoms with Crippen LogP contribution in [0, 0.1) is 5.82 Å². The molecule has 28 heavy (non-hydrogen) atoms. The number of hydrogen-bond acceptors (Lipinski definition) is 6. The fraction of sp³-hybridized carbons (Fsp3) is 0.211. The molecule has 2 aromatic rings. The first-order valence-electron chi connectivity index (χ1n) is 8.21. The molecule has 0 heterocycles. The number of halogens is 1. The van der Waals surface area contributed by atoms with Gasteiger partial charge >= 0.3 is 5.97 Å². The van der Waals surface area contributed by atoms with Crippen LogP contribution in [0.3, 0.4) is 0 Å². The second-order valence-electron chi connectivity index (χ2n) is 5.68. The molecule has 0 aliphatic heterocycles. The quantitative estimate of drug-likeness (QED) is 0.629. The van der Waals surface area contributed by atoms with Crippen molar-refractivity contribution in [3.8, 4) is 5.75 Å². The highest BCUT2D eigenvalue weighted by molar-refractivity contribution is 5.97. The molecule has 0 saturated heterocycles. The molecule has 148 valence electrons. The molecule has 0 aromatic heterocycles. The van der Waals surface area contributed by atoms with E-state index in [2.05, 4.69) is 20.7 Å². The average molecular weight is 389 g/mol. The molecule has 0 unspecified atom stereocenters. The molecule has 2 aromatic carbocycles. The largest absolute Gasteiger partial charge is 0.495 e. The number of ether oxygens (including phenoxy) is 2. The van der Waals surface area contributed by atoms with Gasteiger partial charge in [0.15, 0.2) is 0 Å². The lowest BCUT2D eigenvalue weighted by Gasteiger charge is -2.13. The molecule has 8 nitrogen and oxygen atoms in total. The number of rotatable bonds is 7. The van der Waals surface area contributed by atoms with Crippen molar-refractivity contribution in [2.45, 2.75) is 6.92 Å². The SMILES string of the molecule is COC(=O)c1ccc(F)c(NCC(=O)Nc2cc(NC(C)=O)ccc2OC)c1. The molecule has 0 aliphatic carbocycles. The molecule has 0 atom stereocenters. The number of benzene rings is 2. The fourth-order valence-electron chi connectivity index (χ4n) is 2.36. The lowest BCUT2D eigenvalue weighted by Crippen LogP contribution is -2.22. The maximum atomic E-state index is 13.9. The van der Waals surface area contributed by atoms with Crippen molar-refractivity contribution < 1.29 is 28.2 Å². The monoisotopic (exact) mass is 389 g/mol. The van der Waals surface area contributed by atoms with E-state index in [0.29, 0.717) is 17.1 Å². The Kier molecular flexibility index (Phi) is 6.91. The molecule has 9 heteroatoms. The van der Waals surface area contributed by atoms with Gasteiger partial charge in [-0.05, 0) is 36.4 Å². The van der Waals surface area contributed by atoms with Gasteiger partial charge in [0.2, 0.25) is 11.8 Å². The standard InChI is InChI=1S/C19H20FN3O5/c1-11(24)22-13-5-7-17(27-2)16(9-13)23-18(25)10-21-15-8-12(19(26)28-3)4-6-14(15)20/h4-9,21H,10H2,1-3H3,(H,22,24)(H,23,25). The molecule has 2 rings (SSSR count). The highest BCUT2D eigenvalue weighted by Gasteiger charge is 2.13. The summed E-state index contributed by atoms with van der Waals surface area (Å²) in [5.74, 6) is -1.59. The number of anilines is 3. The first-order chi connectivity index (χ1) is 13.3. The molecular formula is C19H20FN3O5. The molecule has 0 fully saturated rings. The average Bonchev–Trinajstić information content (AvgIpc) is 2.66. The van der Waals surface area contributed by atoms with Gasteiger partial charge in [0, 0.05) is 12.6 Å². The zero-order valence-electron chi connectivity index (χ0n) is 15.6. The Hall–Kier alpha value is -3.62. The van der Waals surface area contributed by atoms with E-state index in [0.717, 1.165) is 6.07 Å². The second kappa shape index (κ2) is 9.36. The van der Waals surface area contributed by atoms with Gasteiger partial charge in [-0.25, -0.2) is 9.18 Å². The van der Waals surface area contributed by atoms with Gasteiger partial charge in [-0.2, -0.15) is 0 Å². The van der Waals surface area contributed by atoms with Gasteiger partial charge in [-0.15, -0.1) is 0 Å². The van der Waals surface area contributed by atoms with E-state index >= 15 is 0 Å². The van der Waals surface area contributed by atoms with Crippen molar-refractivity contribution in [2.75, 3.05) is 36.7 Å². The van der Waals surface area contributed by atoms with E-state index in [4.69, 9.17) is 4.74 Å². The van der Waals surface area contributed by atoms with Gasteiger partial charge in [0.1, 0.15) is 11.6 Å². The van der Waals surface area contributed by atoms with Gasteiger partial charge in [-0.1, -0.05) is 0 Å². The molecule has 0 spiro atoms. The first-order valence-corrected chi connectivity index (χ1v) is 8.21. The minimum Gasteiger partial charge on any atom is -0.495 e. The number of hydrogen-bond donors (Lipinski definition) is 3. The van der Waals surface area contributed by atoms with E-state index in [1.54, 1.807) is 12.1 Å². The summed E-state index contributed by atoms with van der Waals surface area (Å²) in [6.07, 6.45) is 0. The van der Waals surface area contributed by atoms with Crippen molar-refractivity contribution in [3.63, 3.8) is 0 Å². The predicted molar refractivity (Wildman–Crippen MR) is 102 cm³/mol. The number of carbonyl (C=O) groups excluding carboxylic acids is 3. The topological polar surface area (TPSA) is 106 Å². The zero-order valence-corrected chi connectivity index (χ0v) is 15.6. The molecule has 3 N–H and O–H groups in total. The van der Waals surface area contributed by atoms with E-state index < -0.39 is 17.7 Å². The first kappa shape index (κ1) is 20.7. The summed E-state index contributed by atoms with van der Waals surface area (Å²) in [7, 11) is 2.66. The van der Waals surface area contributed by atoms with Crippen LogP contribution in [0.2, 0.25) is 0 Å². The smallest absolute Gasteiger partial charge is 0.337 e. The van der Waals surface area contributed by atoms with Crippen LogP contribution in [-0.4, -0.2) is 38.5 Å². The summed E-state index contributed by atoms with van der Waals surface area (Å²) >= 11 is 0. The van der Waals surface area contributed by atoms with Crippen molar-refractivity contribution in [2.24, 2.45) is 0 Å². The van der Waals surface area contributed by atoms with Gasteiger partial charge in [-0.3, -0.25) is 9.59 Å². The number of carbonyl (C=O) groups is 3. The summed E-state index contributed by atoms with van der Waals surface area (Å²) in [6.45, 7) is 1.10. The van der Waals surface area contributed by atoms with Gasteiger partial charge in [0.05, 0.1) is 37.7 Å². The third-order valence-corrected chi connectivity index (χ3v) is 3.62. The molecule has 0 saturated carbocycles. The van der Waals surface area contributed by atoms with Crippen molar-refractivity contribution in [3.05, 3.63) is 47.8 Å². The second-order valence-corrected chi connectivity index (χ2v) is 5.68. The Morgan fingerprint density at radius 3 is 2.39 bits per heavy atom. The number of nitrogens with one attached hydrogen (secondary N) is 3. The van der Waals surface area contributed by atoms with E-state index in [9.17, 15) is 18.8 Å². The van der Waals surface area contributed by atoms with Crippen LogP contribution < -0.4 is 20.7 Å². The van der Waals surface area contributed by atoms with Crippen molar-refractivity contribution in [1.29, 1.82) is 0 Å². The predicted octanol–water partition coefficient (Wildman–Crippen LogP) is 2.63. The van der Waals surface area contributed by atoms with Gasteiger partial charge in [0.25, 0.3) is 0 Å². The molecule has 2 amide bonds. The minimum absolute atomic E-state index is 0.0167. The van der Waals surface area contributed by atoms with E-state index in [1.807, 2.05) is 0 Å². The van der Waals surface area contributed by atoms with Gasteiger partial charge < -0.3 is 25.4 Å². The van der Waals surface area contributed by atoms with Crippen LogP contribution >= 0.6 is 0 Å². The van der Waals surface area contributed by atoms with Crippen LogP contribution in [0.5, 0.6) is 5.75 Å². The summed E-state index contributed by atoms with van der Waals surface area (Å²) < 4.78 is 23.7. The van der Waals surface area contributed by atoms with Crippen LogP contribution in [0.4, 0.5) is 21.5 Å². The normalized spacial score (nSPS) is 10.0. The Morgan fingerprint density at radius 2 is 1.75 bits per heavy atom. The van der Waals surface area contributed by atoms with Crippen molar-refractivity contribution >= 4 is 34.8 Å². The van der Waals surface area contributed by atoms with Crippen LogP contribution in [0.15, 0.2) is 36.4 Å². The van der Waals surface area contributed by atoms with Crippen LogP contribution in [0.25, 0.3) is 0 Å². The lowest BCUT2D eigenvalue weighted by molar-refractivity contribution is -0.115. The maximum absolute atomic E-state index is 13.9. The maximum Gasteiger partial charge on any atom is 0.337 e. The highest BCUT2D eigenvalue weighted by atomic mass is 19.1. The molecule has 0 aliphatic rings. The molecule has 0 bridgehead atoms. The molecule has 0 radical (unpaired) electrons. The summed E-state index contributed by atoms with van der Waals surface area (Å²) in [5, 5.41) is 7.86. The van der Waals surface area contributed by atoms with Crippen LogP contribution in [-0.2, 0) is 14.3 Å². The summed E-state index contributed by atoms with van der Waals surface area (Å²) in [5.41, 5.74) is 0.950. The summed E-state index contributed by atoms with van der Waals surface area (Å²) in [6, 6.07) is 8.40.